The Labute approximate surface area is 170 Å². The van der Waals surface area contributed by atoms with Crippen molar-refractivity contribution >= 4 is 23.0 Å². The zero-order valence-electron chi connectivity index (χ0n) is 17.1. The summed E-state index contributed by atoms with van der Waals surface area (Å²) in [6, 6.07) is 16.3. The third kappa shape index (κ3) is 4.16. The summed E-state index contributed by atoms with van der Waals surface area (Å²) in [6.07, 6.45) is 1.71. The van der Waals surface area contributed by atoms with Crippen molar-refractivity contribution in [1.29, 1.82) is 0 Å². The number of para-hydroxylation sites is 3. The average molecular weight is 390 g/mol. The Kier molecular flexibility index (Phi) is 5.09. The van der Waals surface area contributed by atoms with Crippen LogP contribution in [0.5, 0.6) is 0 Å². The molecule has 1 aliphatic heterocycles. The maximum atomic E-state index is 12.6. The zero-order valence-corrected chi connectivity index (χ0v) is 17.1. The molecule has 2 aromatic carbocycles. The third-order valence-electron chi connectivity index (χ3n) is 5.06. The number of rotatable bonds is 5. The molecular weight excluding hydrogens is 364 g/mol. The monoisotopic (exact) mass is 390 g/mol. The lowest BCUT2D eigenvalue weighted by Gasteiger charge is -2.23. The largest absolute Gasteiger partial charge is 0.339 e. The Balaban J connectivity index is 1.44. The fourth-order valence-electron chi connectivity index (χ4n) is 3.50. The molecule has 0 fully saturated rings. The average Bonchev–Trinajstić information content (AvgIpc) is 3.34. The van der Waals surface area contributed by atoms with E-state index in [4.69, 9.17) is 4.52 Å². The number of amides is 1. The fraction of sp³-hybridized carbons (Fsp3) is 0.348. The topological polar surface area (TPSA) is 71.3 Å². The van der Waals surface area contributed by atoms with Crippen molar-refractivity contribution in [2.24, 2.45) is 0 Å². The molecule has 4 rings (SSSR count). The molecule has 0 saturated heterocycles. The van der Waals surface area contributed by atoms with Crippen molar-refractivity contribution in [2.75, 3.05) is 16.8 Å². The number of aryl methyl sites for hydroxylation is 1. The second kappa shape index (κ2) is 7.70. The van der Waals surface area contributed by atoms with E-state index in [9.17, 15) is 4.79 Å². The second-order valence-electron chi connectivity index (χ2n) is 8.36. The minimum atomic E-state index is -0.172. The maximum Gasteiger partial charge on any atom is 0.227 e. The van der Waals surface area contributed by atoms with E-state index in [0.717, 1.165) is 24.3 Å². The number of anilines is 3. The van der Waals surface area contributed by atoms with Crippen LogP contribution in [0.1, 0.15) is 44.5 Å². The molecule has 1 aliphatic rings. The van der Waals surface area contributed by atoms with Gasteiger partial charge in [-0.05, 0) is 30.2 Å². The van der Waals surface area contributed by atoms with E-state index < -0.39 is 0 Å². The highest BCUT2D eigenvalue weighted by Gasteiger charge is 2.23. The number of hydrogen-bond donors (Lipinski definition) is 1. The quantitative estimate of drug-likeness (QED) is 0.688. The standard InChI is InChI=1S/C23H26N4O2/c1-23(2,3)22-25-21(29-26-22)13-12-20(28)24-17-9-5-7-11-19(17)27-15-14-16-8-4-6-10-18(16)27/h4-11H,12-15H2,1-3H3,(H,24,28). The molecule has 150 valence electrons. The van der Waals surface area contributed by atoms with E-state index in [1.807, 2.05) is 45.0 Å². The Morgan fingerprint density at radius 1 is 1.10 bits per heavy atom. The SMILES string of the molecule is CC(C)(C)c1noc(CCC(=O)Nc2ccccc2N2CCc3ccccc32)n1. The van der Waals surface area contributed by atoms with Crippen LogP contribution in [-0.4, -0.2) is 22.6 Å². The molecule has 3 aromatic rings. The first kappa shape index (κ1) is 19.2. The molecule has 6 heteroatoms. The van der Waals surface area contributed by atoms with Gasteiger partial charge in [0.25, 0.3) is 0 Å². The van der Waals surface area contributed by atoms with Crippen molar-refractivity contribution in [2.45, 2.75) is 45.4 Å². The van der Waals surface area contributed by atoms with Gasteiger partial charge in [0.1, 0.15) is 0 Å². The van der Waals surface area contributed by atoms with E-state index in [1.54, 1.807) is 0 Å². The van der Waals surface area contributed by atoms with Crippen molar-refractivity contribution < 1.29 is 9.32 Å². The van der Waals surface area contributed by atoms with Crippen molar-refractivity contribution in [1.82, 2.24) is 10.1 Å². The van der Waals surface area contributed by atoms with Gasteiger partial charge in [-0.25, -0.2) is 0 Å². The van der Waals surface area contributed by atoms with Gasteiger partial charge in [0, 0.05) is 30.5 Å². The van der Waals surface area contributed by atoms with Crippen LogP contribution in [0.4, 0.5) is 17.1 Å². The predicted molar refractivity (Wildman–Crippen MR) is 114 cm³/mol. The summed E-state index contributed by atoms with van der Waals surface area (Å²) in [5.74, 6) is 1.08. The van der Waals surface area contributed by atoms with Crippen molar-refractivity contribution in [3.63, 3.8) is 0 Å². The molecule has 0 radical (unpaired) electrons. The van der Waals surface area contributed by atoms with Gasteiger partial charge in [-0.3, -0.25) is 4.79 Å². The summed E-state index contributed by atoms with van der Waals surface area (Å²) >= 11 is 0. The van der Waals surface area contributed by atoms with Crippen LogP contribution in [0.15, 0.2) is 53.1 Å². The minimum Gasteiger partial charge on any atom is -0.339 e. The number of carbonyl (C=O) groups is 1. The lowest BCUT2D eigenvalue weighted by molar-refractivity contribution is -0.116. The van der Waals surface area contributed by atoms with Gasteiger partial charge in [-0.2, -0.15) is 4.98 Å². The molecule has 0 unspecified atom stereocenters. The lowest BCUT2D eigenvalue weighted by atomic mass is 9.96. The highest BCUT2D eigenvalue weighted by molar-refractivity contribution is 5.95. The fourth-order valence-corrected chi connectivity index (χ4v) is 3.50. The molecule has 0 bridgehead atoms. The highest BCUT2D eigenvalue weighted by Crippen LogP contribution is 2.38. The molecule has 0 spiro atoms. The number of nitrogens with one attached hydrogen (secondary N) is 1. The summed E-state index contributed by atoms with van der Waals surface area (Å²) in [6.45, 7) is 7.00. The summed E-state index contributed by atoms with van der Waals surface area (Å²) in [4.78, 5) is 19.2. The molecule has 2 heterocycles. The molecule has 0 saturated carbocycles. The summed E-state index contributed by atoms with van der Waals surface area (Å²) in [5, 5.41) is 7.07. The van der Waals surface area contributed by atoms with Gasteiger partial charge in [0.05, 0.1) is 11.4 Å². The van der Waals surface area contributed by atoms with Crippen LogP contribution in [0.3, 0.4) is 0 Å². The Bertz CT molecular complexity index is 1020. The first-order valence-electron chi connectivity index (χ1n) is 9.99. The summed E-state index contributed by atoms with van der Waals surface area (Å²) in [7, 11) is 0. The molecular formula is C23H26N4O2. The summed E-state index contributed by atoms with van der Waals surface area (Å²) < 4.78 is 5.29. The number of fused-ring (bicyclic) bond motifs is 1. The van der Waals surface area contributed by atoms with E-state index in [2.05, 4.69) is 44.6 Å². The molecule has 29 heavy (non-hydrogen) atoms. The predicted octanol–water partition coefficient (Wildman–Crippen LogP) is 4.63. The van der Waals surface area contributed by atoms with E-state index in [-0.39, 0.29) is 17.7 Å². The number of nitrogens with zero attached hydrogens (tertiary/aromatic N) is 3. The van der Waals surface area contributed by atoms with Gasteiger partial charge in [-0.1, -0.05) is 56.3 Å². The van der Waals surface area contributed by atoms with E-state index in [1.165, 1.54) is 11.3 Å². The minimum absolute atomic E-state index is 0.0690. The zero-order chi connectivity index (χ0) is 20.4. The lowest BCUT2D eigenvalue weighted by Crippen LogP contribution is -2.18. The number of carbonyl (C=O) groups excluding carboxylic acids is 1. The van der Waals surface area contributed by atoms with Gasteiger partial charge >= 0.3 is 0 Å². The molecule has 1 aromatic heterocycles. The Morgan fingerprint density at radius 3 is 2.59 bits per heavy atom. The molecule has 6 nitrogen and oxygen atoms in total. The second-order valence-corrected chi connectivity index (χ2v) is 8.36. The van der Waals surface area contributed by atoms with Gasteiger partial charge in [0.15, 0.2) is 5.82 Å². The van der Waals surface area contributed by atoms with Crippen LogP contribution in [0, 0.1) is 0 Å². The Hall–Kier alpha value is -3.15. The van der Waals surface area contributed by atoms with Crippen LogP contribution in [0.25, 0.3) is 0 Å². The molecule has 0 aliphatic carbocycles. The first-order chi connectivity index (χ1) is 13.9. The van der Waals surface area contributed by atoms with Gasteiger partial charge in [-0.15, -0.1) is 0 Å². The first-order valence-corrected chi connectivity index (χ1v) is 9.99. The number of benzene rings is 2. The van der Waals surface area contributed by atoms with Crippen molar-refractivity contribution in [3.05, 3.63) is 65.8 Å². The molecule has 1 amide bonds. The van der Waals surface area contributed by atoms with Crippen LogP contribution >= 0.6 is 0 Å². The highest BCUT2D eigenvalue weighted by atomic mass is 16.5. The van der Waals surface area contributed by atoms with Crippen LogP contribution < -0.4 is 10.2 Å². The van der Waals surface area contributed by atoms with E-state index in [0.29, 0.717) is 18.1 Å². The van der Waals surface area contributed by atoms with Crippen LogP contribution in [-0.2, 0) is 23.1 Å². The van der Waals surface area contributed by atoms with Gasteiger partial charge in [0.2, 0.25) is 11.8 Å². The number of aromatic nitrogens is 2. The Morgan fingerprint density at radius 2 is 1.83 bits per heavy atom. The normalized spacial score (nSPS) is 13.4. The van der Waals surface area contributed by atoms with E-state index >= 15 is 0 Å². The van der Waals surface area contributed by atoms with Crippen molar-refractivity contribution in [3.8, 4) is 0 Å². The van der Waals surface area contributed by atoms with Gasteiger partial charge < -0.3 is 14.7 Å². The number of hydrogen-bond acceptors (Lipinski definition) is 5. The maximum absolute atomic E-state index is 12.6. The van der Waals surface area contributed by atoms with Crippen LogP contribution in [0.2, 0.25) is 0 Å². The third-order valence-corrected chi connectivity index (χ3v) is 5.06. The molecule has 1 N–H and O–H groups in total. The summed E-state index contributed by atoms with van der Waals surface area (Å²) in [5.41, 5.74) is 4.19. The molecule has 0 atom stereocenters. The smallest absolute Gasteiger partial charge is 0.227 e.